The highest BCUT2D eigenvalue weighted by molar-refractivity contribution is 4.45. The van der Waals surface area contributed by atoms with Crippen molar-refractivity contribution in [3.8, 4) is 0 Å². The standard InChI is InChI=1S/C12H26.C5H12/c1-3-5-7-9-11-12-10-8-6-4-2;1-3-5-4-2/h3-12H2,1-2H3;3-5H2,1-2H3. The molecule has 0 atom stereocenters. The monoisotopic (exact) mass is 242 g/mol. The summed E-state index contributed by atoms with van der Waals surface area (Å²) in [4.78, 5) is 0. The van der Waals surface area contributed by atoms with E-state index in [1.807, 2.05) is 0 Å². The summed E-state index contributed by atoms with van der Waals surface area (Å²) in [6, 6.07) is 0. The van der Waals surface area contributed by atoms with E-state index in [9.17, 15) is 0 Å². The van der Waals surface area contributed by atoms with E-state index in [1.54, 1.807) is 0 Å². The molecule has 0 fully saturated rings. The molecule has 0 nitrogen and oxygen atoms in total. The highest BCUT2D eigenvalue weighted by Gasteiger charge is 1.90. The van der Waals surface area contributed by atoms with Crippen LogP contribution in [-0.2, 0) is 0 Å². The molecule has 0 bridgehead atoms. The van der Waals surface area contributed by atoms with Gasteiger partial charge in [-0.2, -0.15) is 0 Å². The molecule has 0 aliphatic carbocycles. The van der Waals surface area contributed by atoms with Gasteiger partial charge in [0.25, 0.3) is 0 Å². The average molecular weight is 242 g/mol. The second-order valence-corrected chi connectivity index (χ2v) is 5.18. The first kappa shape index (κ1) is 19.3. The highest BCUT2D eigenvalue weighted by atomic mass is 14.0. The molecule has 0 radical (unpaired) electrons. The van der Waals surface area contributed by atoms with Gasteiger partial charge in [0.1, 0.15) is 0 Å². The van der Waals surface area contributed by atoms with Crippen LogP contribution in [0.3, 0.4) is 0 Å². The van der Waals surface area contributed by atoms with E-state index in [4.69, 9.17) is 0 Å². The van der Waals surface area contributed by atoms with Gasteiger partial charge in [0, 0.05) is 0 Å². The molecule has 0 aliphatic rings. The first-order chi connectivity index (χ1) is 8.33. The molecule has 0 heterocycles. The van der Waals surface area contributed by atoms with Gasteiger partial charge in [-0.15, -0.1) is 0 Å². The molecule has 0 unspecified atom stereocenters. The third-order valence-corrected chi connectivity index (χ3v) is 3.16. The summed E-state index contributed by atoms with van der Waals surface area (Å²) >= 11 is 0. The van der Waals surface area contributed by atoms with Crippen molar-refractivity contribution >= 4 is 0 Å². The van der Waals surface area contributed by atoms with Crippen molar-refractivity contribution in [3.63, 3.8) is 0 Å². The second kappa shape index (κ2) is 21.3. The molecular formula is C17H38. The average Bonchev–Trinajstić information content (AvgIpc) is 2.34. The Kier molecular flexibility index (Phi) is 24.2. The van der Waals surface area contributed by atoms with Gasteiger partial charge in [-0.3, -0.25) is 0 Å². The van der Waals surface area contributed by atoms with Crippen molar-refractivity contribution in [1.29, 1.82) is 0 Å². The van der Waals surface area contributed by atoms with Crippen molar-refractivity contribution in [2.45, 2.75) is 111 Å². The third-order valence-electron chi connectivity index (χ3n) is 3.16. The summed E-state index contributed by atoms with van der Waals surface area (Å²) in [6.07, 6.45) is 18.5. The fourth-order valence-corrected chi connectivity index (χ4v) is 1.91. The zero-order valence-electron chi connectivity index (χ0n) is 13.2. The second-order valence-electron chi connectivity index (χ2n) is 5.18. The molecule has 0 aliphatic heterocycles. The summed E-state index contributed by atoms with van der Waals surface area (Å²) in [7, 11) is 0. The minimum absolute atomic E-state index is 1.34. The van der Waals surface area contributed by atoms with Crippen LogP contribution in [0.1, 0.15) is 111 Å². The molecule has 0 spiro atoms. The van der Waals surface area contributed by atoms with Gasteiger partial charge in [-0.05, 0) is 0 Å². The molecular weight excluding hydrogens is 204 g/mol. The van der Waals surface area contributed by atoms with Crippen LogP contribution >= 0.6 is 0 Å². The van der Waals surface area contributed by atoms with Crippen molar-refractivity contribution in [2.75, 3.05) is 0 Å². The fraction of sp³-hybridized carbons (Fsp3) is 1.00. The van der Waals surface area contributed by atoms with Gasteiger partial charge in [0.15, 0.2) is 0 Å². The molecule has 0 amide bonds. The van der Waals surface area contributed by atoms with E-state index >= 15 is 0 Å². The molecule has 0 aromatic rings. The minimum atomic E-state index is 1.34. The van der Waals surface area contributed by atoms with Crippen LogP contribution < -0.4 is 0 Å². The summed E-state index contributed by atoms with van der Waals surface area (Å²) in [5.74, 6) is 0. The largest absolute Gasteiger partial charge is 0.0654 e. The molecule has 0 aromatic carbocycles. The van der Waals surface area contributed by atoms with Crippen LogP contribution in [0.5, 0.6) is 0 Å². The maximum absolute atomic E-state index is 2.28. The summed E-state index contributed by atoms with van der Waals surface area (Å²) in [5.41, 5.74) is 0. The molecule has 0 saturated carbocycles. The Balaban J connectivity index is 0. The Morgan fingerprint density at radius 1 is 0.294 bits per heavy atom. The Morgan fingerprint density at radius 2 is 0.529 bits per heavy atom. The van der Waals surface area contributed by atoms with Crippen LogP contribution in [-0.4, -0.2) is 0 Å². The Morgan fingerprint density at radius 3 is 0.706 bits per heavy atom. The molecule has 17 heavy (non-hydrogen) atoms. The SMILES string of the molecule is CCCCC.CCCCCCCCCCCC. The zero-order chi connectivity index (χ0) is 13.2. The Labute approximate surface area is 112 Å². The van der Waals surface area contributed by atoms with E-state index in [-0.39, 0.29) is 0 Å². The number of unbranched alkanes of at least 4 members (excludes halogenated alkanes) is 11. The summed E-state index contributed by atoms with van der Waals surface area (Å²) in [5, 5.41) is 0. The number of rotatable bonds is 11. The van der Waals surface area contributed by atoms with Gasteiger partial charge >= 0.3 is 0 Å². The molecule has 0 aromatic heterocycles. The van der Waals surface area contributed by atoms with Gasteiger partial charge in [0.2, 0.25) is 0 Å². The van der Waals surface area contributed by atoms with Gasteiger partial charge < -0.3 is 0 Å². The minimum Gasteiger partial charge on any atom is -0.0654 e. The van der Waals surface area contributed by atoms with Crippen LogP contribution in [0.25, 0.3) is 0 Å². The number of hydrogen-bond donors (Lipinski definition) is 0. The van der Waals surface area contributed by atoms with E-state index in [0.29, 0.717) is 0 Å². The maximum atomic E-state index is 2.28. The predicted octanol–water partition coefficient (Wildman–Crippen LogP) is 7.12. The van der Waals surface area contributed by atoms with E-state index in [0.717, 1.165) is 0 Å². The molecule has 0 heteroatoms. The van der Waals surface area contributed by atoms with Crippen LogP contribution in [0, 0.1) is 0 Å². The topological polar surface area (TPSA) is 0 Å². The lowest BCUT2D eigenvalue weighted by Crippen LogP contribution is -1.80. The van der Waals surface area contributed by atoms with Crippen LogP contribution in [0.4, 0.5) is 0 Å². The normalized spacial score (nSPS) is 9.88. The van der Waals surface area contributed by atoms with Gasteiger partial charge in [-0.1, -0.05) is 111 Å². The van der Waals surface area contributed by atoms with E-state index in [2.05, 4.69) is 27.7 Å². The van der Waals surface area contributed by atoms with Crippen molar-refractivity contribution in [1.82, 2.24) is 0 Å². The van der Waals surface area contributed by atoms with Crippen molar-refractivity contribution in [3.05, 3.63) is 0 Å². The van der Waals surface area contributed by atoms with Crippen LogP contribution in [0.15, 0.2) is 0 Å². The maximum Gasteiger partial charge on any atom is -0.0533 e. The molecule has 106 valence electrons. The lowest BCUT2D eigenvalue weighted by Gasteiger charge is -1.99. The molecule has 0 N–H and O–H groups in total. The summed E-state index contributed by atoms with van der Waals surface area (Å²) in [6.45, 7) is 8.98. The van der Waals surface area contributed by atoms with Gasteiger partial charge in [0.05, 0.1) is 0 Å². The summed E-state index contributed by atoms with van der Waals surface area (Å²) < 4.78 is 0. The van der Waals surface area contributed by atoms with E-state index in [1.165, 1.54) is 83.5 Å². The predicted molar refractivity (Wildman–Crippen MR) is 82.7 cm³/mol. The Hall–Kier alpha value is 0. The quantitative estimate of drug-likeness (QED) is 0.338. The van der Waals surface area contributed by atoms with E-state index < -0.39 is 0 Å². The fourth-order valence-electron chi connectivity index (χ4n) is 1.91. The van der Waals surface area contributed by atoms with Crippen molar-refractivity contribution < 1.29 is 0 Å². The van der Waals surface area contributed by atoms with Crippen molar-refractivity contribution in [2.24, 2.45) is 0 Å². The smallest absolute Gasteiger partial charge is 0.0533 e. The lowest BCUT2D eigenvalue weighted by atomic mass is 10.1. The van der Waals surface area contributed by atoms with Crippen LogP contribution in [0.2, 0.25) is 0 Å². The number of hydrogen-bond acceptors (Lipinski definition) is 0. The first-order valence-electron chi connectivity index (χ1n) is 8.33. The lowest BCUT2D eigenvalue weighted by molar-refractivity contribution is 0.562. The molecule has 0 rings (SSSR count). The third kappa shape index (κ3) is 25.9. The first-order valence-corrected chi connectivity index (χ1v) is 8.33. The highest BCUT2D eigenvalue weighted by Crippen LogP contribution is 2.09. The molecule has 0 saturated heterocycles. The zero-order valence-corrected chi connectivity index (χ0v) is 13.2. The van der Waals surface area contributed by atoms with Gasteiger partial charge in [-0.25, -0.2) is 0 Å². The Bertz CT molecular complexity index is 84.2.